The third-order valence-corrected chi connectivity index (χ3v) is 3.96. The van der Waals surface area contributed by atoms with Gasteiger partial charge in [0.1, 0.15) is 0 Å². The molecule has 0 aliphatic rings. The lowest BCUT2D eigenvalue weighted by Crippen LogP contribution is -1.88. The highest BCUT2D eigenvalue weighted by Gasteiger charge is 2.03. The molecule has 0 N–H and O–H groups in total. The van der Waals surface area contributed by atoms with Gasteiger partial charge in [0.2, 0.25) is 0 Å². The minimum absolute atomic E-state index is 1.07. The van der Waals surface area contributed by atoms with Crippen LogP contribution in [0.1, 0.15) is 0 Å². The largest absolute Gasteiger partial charge is 0.350 e. The van der Waals surface area contributed by atoms with Gasteiger partial charge in [-0.3, -0.25) is 0 Å². The van der Waals surface area contributed by atoms with Gasteiger partial charge in [0, 0.05) is 34.0 Å². The van der Waals surface area contributed by atoms with Crippen molar-refractivity contribution in [2.75, 3.05) is 0 Å². The summed E-state index contributed by atoms with van der Waals surface area (Å²) >= 11 is 6.94. The Morgan fingerprint density at radius 2 is 2.00 bits per heavy atom. The molecule has 0 spiro atoms. The van der Waals surface area contributed by atoms with Gasteiger partial charge in [-0.2, -0.15) is 0 Å². The molecule has 3 heteroatoms. The van der Waals surface area contributed by atoms with E-state index in [1.165, 1.54) is 11.3 Å². The first-order chi connectivity index (χ1) is 6.68. The summed E-state index contributed by atoms with van der Waals surface area (Å²) in [5.74, 6) is 0. The molecule has 0 atom stereocenters. The molecule has 0 saturated carbocycles. The molecule has 0 bridgehead atoms. The normalized spacial score (nSPS) is 10.5. The summed E-state index contributed by atoms with van der Waals surface area (Å²) in [6, 6.07) is 11.3. The number of benzene rings is 1. The zero-order valence-electron chi connectivity index (χ0n) is 7.59. The van der Waals surface area contributed by atoms with Crippen LogP contribution >= 0.6 is 31.9 Å². The Morgan fingerprint density at radius 1 is 1.21 bits per heavy atom. The summed E-state index contributed by atoms with van der Waals surface area (Å²) in [6.07, 6.45) is 1.92. The van der Waals surface area contributed by atoms with E-state index in [0.29, 0.717) is 0 Å². The summed E-state index contributed by atoms with van der Waals surface area (Å²) in [7, 11) is 2.02. The van der Waals surface area contributed by atoms with E-state index in [-0.39, 0.29) is 0 Å². The predicted octanol–water partition coefficient (Wildman–Crippen LogP) is 4.02. The Bertz CT molecular complexity index is 460. The van der Waals surface area contributed by atoms with Gasteiger partial charge in [-0.1, -0.05) is 6.07 Å². The van der Waals surface area contributed by atoms with E-state index in [9.17, 15) is 0 Å². The van der Waals surface area contributed by atoms with Crippen LogP contribution in [0.2, 0.25) is 0 Å². The summed E-state index contributed by atoms with van der Waals surface area (Å²) in [5.41, 5.74) is 2.35. The molecule has 2 rings (SSSR count). The van der Waals surface area contributed by atoms with Crippen molar-refractivity contribution >= 4 is 31.9 Å². The molecule has 0 aliphatic heterocycles. The Labute approximate surface area is 100 Å². The van der Waals surface area contributed by atoms with Crippen LogP contribution in [0.3, 0.4) is 0 Å². The Morgan fingerprint density at radius 3 is 2.57 bits per heavy atom. The van der Waals surface area contributed by atoms with Crippen LogP contribution < -0.4 is 0 Å². The van der Waals surface area contributed by atoms with E-state index >= 15 is 0 Å². The van der Waals surface area contributed by atoms with Gasteiger partial charge in [0.05, 0.1) is 0 Å². The van der Waals surface area contributed by atoms with Crippen LogP contribution in [0, 0.1) is 6.07 Å². The fourth-order valence-electron chi connectivity index (χ4n) is 1.34. The summed E-state index contributed by atoms with van der Waals surface area (Å²) in [5, 5.41) is 0. The molecular formula is C11H8Br2N. The highest BCUT2D eigenvalue weighted by molar-refractivity contribution is 9.13. The molecular weight excluding hydrogens is 306 g/mol. The van der Waals surface area contributed by atoms with E-state index in [1.807, 2.05) is 25.4 Å². The molecule has 1 nitrogen and oxygen atoms in total. The highest BCUT2D eigenvalue weighted by Crippen LogP contribution is 2.28. The molecule has 0 saturated heterocycles. The first kappa shape index (κ1) is 9.99. The lowest BCUT2D eigenvalue weighted by Gasteiger charge is -2.04. The van der Waals surface area contributed by atoms with Gasteiger partial charge in [-0.25, -0.2) is 0 Å². The summed E-state index contributed by atoms with van der Waals surface area (Å²) in [4.78, 5) is 0. The first-order valence-corrected chi connectivity index (χ1v) is 5.75. The monoisotopic (exact) mass is 312 g/mol. The third-order valence-electron chi connectivity index (χ3n) is 2.08. The molecule has 0 unspecified atom stereocenters. The standard InChI is InChI=1S/C11H8Br2N/c1-14-6-2-3-11(14)8-4-5-9(12)10(13)7-8/h3-7H,1H3. The van der Waals surface area contributed by atoms with E-state index in [1.54, 1.807) is 0 Å². The van der Waals surface area contributed by atoms with Gasteiger partial charge in [0.15, 0.2) is 0 Å². The van der Waals surface area contributed by atoms with Crippen molar-refractivity contribution in [3.63, 3.8) is 0 Å². The molecule has 1 aromatic carbocycles. The average molecular weight is 314 g/mol. The van der Waals surface area contributed by atoms with Gasteiger partial charge in [0.25, 0.3) is 0 Å². The van der Waals surface area contributed by atoms with Gasteiger partial charge >= 0.3 is 0 Å². The second kappa shape index (κ2) is 3.91. The van der Waals surface area contributed by atoms with Crippen molar-refractivity contribution in [1.82, 2.24) is 4.57 Å². The van der Waals surface area contributed by atoms with Crippen molar-refractivity contribution in [3.05, 3.63) is 45.5 Å². The minimum atomic E-state index is 1.07. The van der Waals surface area contributed by atoms with Crippen molar-refractivity contribution in [1.29, 1.82) is 0 Å². The third kappa shape index (κ3) is 1.79. The SMILES string of the molecule is Cn1c[c]cc1-c1ccc(Br)c(Br)c1. The Hall–Kier alpha value is -0.540. The molecule has 0 aliphatic carbocycles. The predicted molar refractivity (Wildman–Crippen MR) is 65.1 cm³/mol. The van der Waals surface area contributed by atoms with Crippen LogP contribution in [0.4, 0.5) is 0 Å². The Balaban J connectivity index is 2.53. The quantitative estimate of drug-likeness (QED) is 0.749. The maximum atomic E-state index is 3.49. The zero-order chi connectivity index (χ0) is 10.1. The summed E-state index contributed by atoms with van der Waals surface area (Å²) < 4.78 is 4.19. The second-order valence-corrected chi connectivity index (χ2v) is 4.77. The van der Waals surface area contributed by atoms with Crippen LogP contribution in [0.25, 0.3) is 11.3 Å². The number of hydrogen-bond acceptors (Lipinski definition) is 0. The molecule has 0 fully saturated rings. The van der Waals surface area contributed by atoms with Crippen molar-refractivity contribution < 1.29 is 0 Å². The zero-order valence-corrected chi connectivity index (χ0v) is 10.8. The molecule has 71 valence electrons. The number of nitrogens with zero attached hydrogens (tertiary/aromatic N) is 1. The van der Waals surface area contributed by atoms with Gasteiger partial charge in [-0.05, 0) is 55.6 Å². The molecule has 1 heterocycles. The van der Waals surface area contributed by atoms with Gasteiger partial charge < -0.3 is 4.57 Å². The fourth-order valence-corrected chi connectivity index (χ4v) is 1.97. The first-order valence-electron chi connectivity index (χ1n) is 4.16. The number of rotatable bonds is 1. The maximum absolute atomic E-state index is 3.49. The molecule has 1 aromatic heterocycles. The van der Waals surface area contributed by atoms with Crippen LogP contribution in [-0.4, -0.2) is 4.57 Å². The van der Waals surface area contributed by atoms with Crippen LogP contribution in [-0.2, 0) is 7.05 Å². The van der Waals surface area contributed by atoms with E-state index < -0.39 is 0 Å². The molecule has 1 radical (unpaired) electrons. The number of aromatic nitrogens is 1. The maximum Gasteiger partial charge on any atom is 0.0484 e. The Kier molecular flexibility index (Phi) is 2.79. The van der Waals surface area contributed by atoms with Crippen LogP contribution in [0.5, 0.6) is 0 Å². The molecule has 2 aromatic rings. The van der Waals surface area contributed by atoms with Crippen molar-refractivity contribution in [2.45, 2.75) is 0 Å². The number of halogens is 2. The van der Waals surface area contributed by atoms with E-state index in [4.69, 9.17) is 0 Å². The molecule has 14 heavy (non-hydrogen) atoms. The molecule has 0 amide bonds. The summed E-state index contributed by atoms with van der Waals surface area (Å²) in [6.45, 7) is 0. The number of hydrogen-bond donors (Lipinski definition) is 0. The fraction of sp³-hybridized carbons (Fsp3) is 0.0909. The lowest BCUT2D eigenvalue weighted by atomic mass is 10.1. The smallest absolute Gasteiger partial charge is 0.0484 e. The van der Waals surface area contributed by atoms with Crippen molar-refractivity contribution in [3.8, 4) is 11.3 Å². The van der Waals surface area contributed by atoms with Crippen LogP contribution in [0.15, 0.2) is 39.4 Å². The minimum Gasteiger partial charge on any atom is -0.350 e. The topological polar surface area (TPSA) is 4.93 Å². The second-order valence-electron chi connectivity index (χ2n) is 3.07. The van der Waals surface area contributed by atoms with Crippen molar-refractivity contribution in [2.24, 2.45) is 7.05 Å². The van der Waals surface area contributed by atoms with E-state index in [2.05, 4.69) is 54.6 Å². The number of aryl methyl sites for hydroxylation is 1. The highest BCUT2D eigenvalue weighted by atomic mass is 79.9. The van der Waals surface area contributed by atoms with Gasteiger partial charge in [-0.15, -0.1) is 0 Å². The lowest BCUT2D eigenvalue weighted by molar-refractivity contribution is 0.936. The van der Waals surface area contributed by atoms with E-state index in [0.717, 1.165) is 8.95 Å². The average Bonchev–Trinajstić information content (AvgIpc) is 2.57.